The number of aliphatic hydroxyl groups excluding tert-OH is 4. The fourth-order valence-corrected chi connectivity index (χ4v) is 3.69. The third kappa shape index (κ3) is 4.15. The van der Waals surface area contributed by atoms with Crippen LogP contribution < -0.4 is 19.6 Å². The van der Waals surface area contributed by atoms with Gasteiger partial charge in [0.1, 0.15) is 35.7 Å². The standard InChI is InChI=1S/C23H24O11/c1-30-14-7-12-13(8-15(14)31-2)32-21(10-3-5-11(25)6-4-10)22(17(12)26)34-23-20(29)19(28)18(27)16(9-24)33-23/h3-8,16,18-20,23-25,27-29H,9H2,1-2H3/t16-,18+,19+,20-,23+/m1/s1. The number of hydrogen-bond donors (Lipinski definition) is 5. The first-order valence-corrected chi connectivity index (χ1v) is 10.3. The lowest BCUT2D eigenvalue weighted by molar-refractivity contribution is -0.277. The Balaban J connectivity index is 1.89. The summed E-state index contributed by atoms with van der Waals surface area (Å²) in [6.07, 6.45) is -7.90. The van der Waals surface area contributed by atoms with E-state index in [9.17, 15) is 30.3 Å². The minimum absolute atomic E-state index is 0.0188. The van der Waals surface area contributed by atoms with E-state index in [1.807, 2.05) is 0 Å². The van der Waals surface area contributed by atoms with Gasteiger partial charge in [0.2, 0.25) is 17.5 Å². The van der Waals surface area contributed by atoms with Gasteiger partial charge in [0.25, 0.3) is 0 Å². The van der Waals surface area contributed by atoms with Crippen LogP contribution in [0.3, 0.4) is 0 Å². The van der Waals surface area contributed by atoms with Crippen molar-refractivity contribution >= 4 is 11.0 Å². The molecular formula is C23H24O11. The van der Waals surface area contributed by atoms with Crippen molar-refractivity contribution in [1.29, 1.82) is 0 Å². The van der Waals surface area contributed by atoms with E-state index in [2.05, 4.69) is 0 Å². The summed E-state index contributed by atoms with van der Waals surface area (Å²) in [7, 11) is 2.83. The van der Waals surface area contributed by atoms with Crippen LogP contribution in [0.25, 0.3) is 22.3 Å². The van der Waals surface area contributed by atoms with Crippen molar-refractivity contribution < 1.29 is 48.9 Å². The van der Waals surface area contributed by atoms with Gasteiger partial charge in [-0.3, -0.25) is 4.79 Å². The molecule has 182 valence electrons. The maximum Gasteiger partial charge on any atom is 0.235 e. The summed E-state index contributed by atoms with van der Waals surface area (Å²) in [6.45, 7) is -0.668. The normalized spacial score (nSPS) is 24.7. The molecule has 1 aliphatic heterocycles. The lowest BCUT2D eigenvalue weighted by Crippen LogP contribution is -2.60. The molecule has 5 N–H and O–H groups in total. The first kappa shape index (κ1) is 23.8. The first-order valence-electron chi connectivity index (χ1n) is 10.3. The number of methoxy groups -OCH3 is 2. The van der Waals surface area contributed by atoms with Gasteiger partial charge in [-0.2, -0.15) is 0 Å². The number of aromatic hydroxyl groups is 1. The molecule has 0 aliphatic carbocycles. The molecule has 11 nitrogen and oxygen atoms in total. The maximum absolute atomic E-state index is 13.5. The van der Waals surface area contributed by atoms with Crippen molar-refractivity contribution in [2.24, 2.45) is 0 Å². The molecular weight excluding hydrogens is 452 g/mol. The van der Waals surface area contributed by atoms with E-state index in [1.165, 1.54) is 50.6 Å². The number of fused-ring (bicyclic) bond motifs is 1. The van der Waals surface area contributed by atoms with Gasteiger partial charge in [0, 0.05) is 11.6 Å². The van der Waals surface area contributed by atoms with Crippen LogP contribution in [-0.4, -0.2) is 77.1 Å². The van der Waals surface area contributed by atoms with E-state index in [1.54, 1.807) is 0 Å². The van der Waals surface area contributed by atoms with Gasteiger partial charge in [-0.05, 0) is 30.3 Å². The second kappa shape index (κ2) is 9.49. The summed E-state index contributed by atoms with van der Waals surface area (Å²) in [6, 6.07) is 8.61. The third-order valence-electron chi connectivity index (χ3n) is 5.57. The summed E-state index contributed by atoms with van der Waals surface area (Å²) in [5.41, 5.74) is -0.153. The molecule has 0 bridgehead atoms. The molecule has 0 saturated carbocycles. The Bertz CT molecular complexity index is 1220. The molecule has 1 aliphatic rings. The van der Waals surface area contributed by atoms with Crippen LogP contribution in [0.1, 0.15) is 0 Å². The molecule has 1 aromatic heterocycles. The van der Waals surface area contributed by atoms with Gasteiger partial charge in [0.15, 0.2) is 17.3 Å². The fourth-order valence-electron chi connectivity index (χ4n) is 3.69. The molecule has 11 heteroatoms. The SMILES string of the molecule is COc1cc2oc(-c3ccc(O)cc3)c(O[C@@H]3O[C@H](CO)[C@H](O)[C@H](O)[C@H]3O)c(=O)c2cc1OC. The number of phenols is 1. The van der Waals surface area contributed by atoms with Gasteiger partial charge in [-0.1, -0.05) is 0 Å². The zero-order valence-corrected chi connectivity index (χ0v) is 18.2. The Morgan fingerprint density at radius 2 is 1.59 bits per heavy atom. The predicted octanol–water partition coefficient (Wildman–Crippen LogP) is 0.361. The quantitative estimate of drug-likeness (QED) is 0.333. The van der Waals surface area contributed by atoms with E-state index >= 15 is 0 Å². The number of rotatable bonds is 6. The third-order valence-corrected chi connectivity index (χ3v) is 5.57. The minimum atomic E-state index is -1.74. The number of ether oxygens (including phenoxy) is 4. The highest BCUT2D eigenvalue weighted by Gasteiger charge is 2.45. The Morgan fingerprint density at radius 3 is 2.21 bits per heavy atom. The van der Waals surface area contributed by atoms with Crippen molar-refractivity contribution in [2.45, 2.75) is 30.7 Å². The molecule has 34 heavy (non-hydrogen) atoms. The monoisotopic (exact) mass is 476 g/mol. The largest absolute Gasteiger partial charge is 0.508 e. The van der Waals surface area contributed by atoms with Crippen LogP contribution in [0.2, 0.25) is 0 Å². The number of hydrogen-bond acceptors (Lipinski definition) is 11. The van der Waals surface area contributed by atoms with E-state index in [0.717, 1.165) is 0 Å². The second-order valence-electron chi connectivity index (χ2n) is 7.65. The summed E-state index contributed by atoms with van der Waals surface area (Å²) >= 11 is 0. The molecule has 2 heterocycles. The Morgan fingerprint density at radius 1 is 0.941 bits per heavy atom. The van der Waals surface area contributed by atoms with E-state index in [4.69, 9.17) is 23.4 Å². The highest BCUT2D eigenvalue weighted by molar-refractivity contribution is 5.85. The Labute approximate surface area is 192 Å². The van der Waals surface area contributed by atoms with Crippen LogP contribution in [0.5, 0.6) is 23.0 Å². The lowest BCUT2D eigenvalue weighted by Gasteiger charge is -2.39. The molecule has 5 atom stereocenters. The van der Waals surface area contributed by atoms with Crippen LogP contribution in [0.15, 0.2) is 45.6 Å². The summed E-state index contributed by atoms with van der Waals surface area (Å²) in [5, 5.41) is 49.7. The number of benzene rings is 2. The van der Waals surface area contributed by atoms with Gasteiger partial charge >= 0.3 is 0 Å². The highest BCUT2D eigenvalue weighted by atomic mass is 16.7. The Kier molecular flexibility index (Phi) is 6.64. The van der Waals surface area contributed by atoms with E-state index < -0.39 is 42.7 Å². The molecule has 1 saturated heterocycles. The summed E-state index contributed by atoms with van der Waals surface area (Å²) in [5.74, 6) is 0.141. The molecule has 0 spiro atoms. The van der Waals surface area contributed by atoms with Crippen molar-refractivity contribution in [1.82, 2.24) is 0 Å². The average molecular weight is 476 g/mol. The molecule has 0 amide bonds. The first-order chi connectivity index (χ1) is 16.3. The van der Waals surface area contributed by atoms with Crippen molar-refractivity contribution in [3.05, 3.63) is 46.6 Å². The van der Waals surface area contributed by atoms with Crippen LogP contribution in [0.4, 0.5) is 0 Å². The summed E-state index contributed by atoms with van der Waals surface area (Å²) in [4.78, 5) is 13.5. The molecule has 0 radical (unpaired) electrons. The van der Waals surface area contributed by atoms with E-state index in [0.29, 0.717) is 11.3 Å². The molecule has 4 rings (SSSR count). The van der Waals surface area contributed by atoms with Crippen LogP contribution >= 0.6 is 0 Å². The van der Waals surface area contributed by atoms with Gasteiger partial charge in [-0.25, -0.2) is 0 Å². The molecule has 1 fully saturated rings. The molecule has 3 aromatic rings. The lowest BCUT2D eigenvalue weighted by atomic mass is 9.99. The topological polar surface area (TPSA) is 168 Å². The maximum atomic E-state index is 13.5. The zero-order chi connectivity index (χ0) is 24.6. The van der Waals surface area contributed by atoms with Crippen molar-refractivity contribution in [2.75, 3.05) is 20.8 Å². The second-order valence-corrected chi connectivity index (χ2v) is 7.65. The number of aliphatic hydroxyl groups is 4. The Hall–Kier alpha value is -3.35. The van der Waals surface area contributed by atoms with Crippen molar-refractivity contribution in [3.8, 4) is 34.3 Å². The zero-order valence-electron chi connectivity index (χ0n) is 18.2. The average Bonchev–Trinajstić information content (AvgIpc) is 2.85. The number of phenolic OH excluding ortho intramolecular Hbond substituents is 1. The van der Waals surface area contributed by atoms with E-state index in [-0.39, 0.29) is 34.0 Å². The van der Waals surface area contributed by atoms with Crippen LogP contribution in [-0.2, 0) is 4.74 Å². The predicted molar refractivity (Wildman–Crippen MR) is 117 cm³/mol. The molecule has 2 aromatic carbocycles. The van der Waals surface area contributed by atoms with Gasteiger partial charge in [0.05, 0.1) is 26.2 Å². The fraction of sp³-hybridized carbons (Fsp3) is 0.348. The highest BCUT2D eigenvalue weighted by Crippen LogP contribution is 2.37. The van der Waals surface area contributed by atoms with Crippen molar-refractivity contribution in [3.63, 3.8) is 0 Å². The summed E-state index contributed by atoms with van der Waals surface area (Å²) < 4.78 is 27.6. The minimum Gasteiger partial charge on any atom is -0.508 e. The van der Waals surface area contributed by atoms with Crippen LogP contribution in [0, 0.1) is 0 Å². The van der Waals surface area contributed by atoms with Gasteiger partial charge in [-0.15, -0.1) is 0 Å². The smallest absolute Gasteiger partial charge is 0.235 e. The van der Waals surface area contributed by atoms with Gasteiger partial charge < -0.3 is 48.9 Å². The molecule has 0 unspecified atom stereocenters.